The second-order valence-corrected chi connectivity index (χ2v) is 5.43. The van der Waals surface area contributed by atoms with Gasteiger partial charge in [-0.15, -0.1) is 0 Å². The van der Waals surface area contributed by atoms with E-state index in [0.29, 0.717) is 6.04 Å². The van der Waals surface area contributed by atoms with Crippen LogP contribution in [-0.2, 0) is 0 Å². The quantitative estimate of drug-likeness (QED) is 0.834. The molecule has 0 spiro atoms. The Kier molecular flexibility index (Phi) is 4.00. The molecule has 0 bridgehead atoms. The summed E-state index contributed by atoms with van der Waals surface area (Å²) in [5.41, 5.74) is 8.01. The number of nitrogens with two attached hydrogens (primary N) is 1. The first-order chi connectivity index (χ1) is 8.63. The molecule has 3 heteroatoms. The Morgan fingerprint density at radius 2 is 2.11 bits per heavy atom. The molecule has 2 rings (SSSR count). The first-order valence-corrected chi connectivity index (χ1v) is 6.78. The van der Waals surface area contributed by atoms with Crippen molar-refractivity contribution in [2.75, 3.05) is 24.8 Å². The lowest BCUT2D eigenvalue weighted by Crippen LogP contribution is -2.36. The Hall–Kier alpha value is -1.38. The topological polar surface area (TPSA) is 38.5 Å². The van der Waals surface area contributed by atoms with Crippen molar-refractivity contribution in [3.05, 3.63) is 18.2 Å². The summed E-state index contributed by atoms with van der Waals surface area (Å²) in [5, 5.41) is 0. The predicted molar refractivity (Wildman–Crippen MR) is 77.2 cm³/mol. The van der Waals surface area contributed by atoms with Gasteiger partial charge in [-0.25, -0.2) is 0 Å². The lowest BCUT2D eigenvalue weighted by molar-refractivity contribution is 0.336. The minimum Gasteiger partial charge on any atom is -0.495 e. The fourth-order valence-corrected chi connectivity index (χ4v) is 2.97. The van der Waals surface area contributed by atoms with E-state index in [2.05, 4.69) is 24.9 Å². The van der Waals surface area contributed by atoms with Gasteiger partial charge < -0.3 is 15.4 Å². The van der Waals surface area contributed by atoms with E-state index in [9.17, 15) is 0 Å². The van der Waals surface area contributed by atoms with Crippen LogP contribution in [0.25, 0.3) is 0 Å². The van der Waals surface area contributed by atoms with Gasteiger partial charge in [0.25, 0.3) is 0 Å². The summed E-state index contributed by atoms with van der Waals surface area (Å²) in [5.74, 6) is 1.58. The van der Waals surface area contributed by atoms with E-state index in [0.717, 1.165) is 23.0 Å². The number of nitrogens with zero attached hydrogens (tertiary/aromatic N) is 1. The van der Waals surface area contributed by atoms with Crippen molar-refractivity contribution in [1.29, 1.82) is 0 Å². The molecule has 0 saturated heterocycles. The molecule has 2 unspecified atom stereocenters. The molecule has 1 fully saturated rings. The zero-order valence-corrected chi connectivity index (χ0v) is 11.6. The van der Waals surface area contributed by atoms with Crippen LogP contribution < -0.4 is 15.4 Å². The Labute approximate surface area is 110 Å². The SMILES string of the molecule is COc1cccc(N(C)C2CCCC(C)C2)c1N. The van der Waals surface area contributed by atoms with Crippen LogP contribution in [0.2, 0.25) is 0 Å². The maximum atomic E-state index is 6.17. The van der Waals surface area contributed by atoms with Crippen molar-refractivity contribution in [2.24, 2.45) is 5.92 Å². The molecule has 18 heavy (non-hydrogen) atoms. The van der Waals surface area contributed by atoms with Crippen LogP contribution in [0.3, 0.4) is 0 Å². The highest BCUT2D eigenvalue weighted by Crippen LogP contribution is 2.35. The molecular formula is C15H24N2O. The van der Waals surface area contributed by atoms with Gasteiger partial charge in [0.15, 0.2) is 0 Å². The number of benzene rings is 1. The minimum atomic E-state index is 0.600. The standard InChI is InChI=1S/C15H24N2O/c1-11-6-4-7-12(10-11)17(2)13-8-5-9-14(18-3)15(13)16/h5,8-9,11-12H,4,6-7,10,16H2,1-3H3. The highest BCUT2D eigenvalue weighted by Gasteiger charge is 2.24. The molecule has 0 heterocycles. The van der Waals surface area contributed by atoms with Crippen molar-refractivity contribution in [2.45, 2.75) is 38.6 Å². The van der Waals surface area contributed by atoms with Crippen molar-refractivity contribution in [3.63, 3.8) is 0 Å². The zero-order valence-electron chi connectivity index (χ0n) is 11.6. The molecule has 1 aromatic rings. The molecule has 2 atom stereocenters. The van der Waals surface area contributed by atoms with Crippen LogP contribution in [0.5, 0.6) is 5.75 Å². The Morgan fingerprint density at radius 1 is 1.33 bits per heavy atom. The van der Waals surface area contributed by atoms with E-state index in [1.54, 1.807) is 7.11 Å². The molecule has 2 N–H and O–H groups in total. The number of hydrogen-bond acceptors (Lipinski definition) is 3. The van der Waals surface area contributed by atoms with Crippen molar-refractivity contribution in [3.8, 4) is 5.75 Å². The van der Waals surface area contributed by atoms with Crippen LogP contribution in [-0.4, -0.2) is 20.2 Å². The molecule has 0 radical (unpaired) electrons. The van der Waals surface area contributed by atoms with Crippen LogP contribution in [0.15, 0.2) is 18.2 Å². The van der Waals surface area contributed by atoms with Crippen LogP contribution >= 0.6 is 0 Å². The fraction of sp³-hybridized carbons (Fsp3) is 0.600. The average molecular weight is 248 g/mol. The fourth-order valence-electron chi connectivity index (χ4n) is 2.97. The molecule has 1 aliphatic carbocycles. The van der Waals surface area contributed by atoms with E-state index in [-0.39, 0.29) is 0 Å². The number of rotatable bonds is 3. The summed E-state index contributed by atoms with van der Waals surface area (Å²) in [6, 6.07) is 6.60. The van der Waals surface area contributed by atoms with Crippen LogP contribution in [0.4, 0.5) is 11.4 Å². The van der Waals surface area contributed by atoms with Gasteiger partial charge in [0.2, 0.25) is 0 Å². The Bertz CT molecular complexity index is 405. The molecule has 100 valence electrons. The maximum Gasteiger partial charge on any atom is 0.143 e. The molecular weight excluding hydrogens is 224 g/mol. The highest BCUT2D eigenvalue weighted by atomic mass is 16.5. The number of methoxy groups -OCH3 is 1. The number of para-hydroxylation sites is 1. The largest absolute Gasteiger partial charge is 0.495 e. The molecule has 1 aliphatic rings. The van der Waals surface area contributed by atoms with Gasteiger partial charge in [-0.05, 0) is 30.9 Å². The van der Waals surface area contributed by atoms with E-state index in [4.69, 9.17) is 10.5 Å². The number of hydrogen-bond donors (Lipinski definition) is 1. The summed E-state index contributed by atoms with van der Waals surface area (Å²) in [6.45, 7) is 2.34. The molecule has 1 saturated carbocycles. The second-order valence-electron chi connectivity index (χ2n) is 5.43. The van der Waals surface area contributed by atoms with Crippen molar-refractivity contribution < 1.29 is 4.74 Å². The van der Waals surface area contributed by atoms with Crippen molar-refractivity contribution >= 4 is 11.4 Å². The van der Waals surface area contributed by atoms with Gasteiger partial charge in [-0.1, -0.05) is 25.8 Å². The van der Waals surface area contributed by atoms with Crippen LogP contribution in [0, 0.1) is 5.92 Å². The summed E-state index contributed by atoms with van der Waals surface area (Å²) < 4.78 is 5.29. The maximum absolute atomic E-state index is 6.17. The lowest BCUT2D eigenvalue weighted by Gasteiger charge is -2.36. The van der Waals surface area contributed by atoms with E-state index >= 15 is 0 Å². The summed E-state index contributed by atoms with van der Waals surface area (Å²) in [7, 11) is 3.81. The first-order valence-electron chi connectivity index (χ1n) is 6.78. The molecule has 3 nitrogen and oxygen atoms in total. The van der Waals surface area contributed by atoms with E-state index < -0.39 is 0 Å². The number of ether oxygens (including phenoxy) is 1. The molecule has 0 amide bonds. The summed E-state index contributed by atoms with van der Waals surface area (Å²) in [6.07, 6.45) is 5.20. The van der Waals surface area contributed by atoms with Gasteiger partial charge in [0, 0.05) is 13.1 Å². The van der Waals surface area contributed by atoms with Gasteiger partial charge in [0.05, 0.1) is 18.5 Å². The van der Waals surface area contributed by atoms with Gasteiger partial charge in [0.1, 0.15) is 5.75 Å². The van der Waals surface area contributed by atoms with Gasteiger partial charge in [-0.2, -0.15) is 0 Å². The lowest BCUT2D eigenvalue weighted by atomic mass is 9.86. The number of nitrogen functional groups attached to an aromatic ring is 1. The first kappa shape index (κ1) is 13.1. The van der Waals surface area contributed by atoms with Crippen LogP contribution in [0.1, 0.15) is 32.6 Å². The van der Waals surface area contributed by atoms with E-state index in [1.165, 1.54) is 25.7 Å². The van der Waals surface area contributed by atoms with Gasteiger partial charge >= 0.3 is 0 Å². The van der Waals surface area contributed by atoms with Crippen molar-refractivity contribution in [1.82, 2.24) is 0 Å². The minimum absolute atomic E-state index is 0.600. The average Bonchev–Trinajstić information content (AvgIpc) is 2.38. The third-order valence-corrected chi connectivity index (χ3v) is 4.10. The smallest absolute Gasteiger partial charge is 0.143 e. The summed E-state index contributed by atoms with van der Waals surface area (Å²) in [4.78, 5) is 2.33. The monoisotopic (exact) mass is 248 g/mol. The molecule has 0 aromatic heterocycles. The van der Waals surface area contributed by atoms with Gasteiger partial charge in [-0.3, -0.25) is 0 Å². The van der Waals surface area contributed by atoms with E-state index in [1.807, 2.05) is 12.1 Å². The Morgan fingerprint density at radius 3 is 2.78 bits per heavy atom. The highest BCUT2D eigenvalue weighted by molar-refractivity contribution is 5.74. The zero-order chi connectivity index (χ0) is 13.1. The third kappa shape index (κ3) is 2.55. The second kappa shape index (κ2) is 5.51. The Balaban J connectivity index is 2.20. The number of anilines is 2. The normalized spacial score (nSPS) is 23.7. The third-order valence-electron chi connectivity index (χ3n) is 4.10. The molecule has 1 aromatic carbocycles. The predicted octanol–water partition coefficient (Wildman–Crippen LogP) is 3.29. The summed E-state index contributed by atoms with van der Waals surface area (Å²) >= 11 is 0. The molecule has 0 aliphatic heterocycles.